The number of nitrogens with zero attached hydrogens (tertiary/aromatic N) is 4. The minimum Gasteiger partial charge on any atom is -0.458 e. The molecule has 156 valence electrons. The number of nitro groups is 1. The van der Waals surface area contributed by atoms with Crippen molar-refractivity contribution in [2.45, 2.75) is 13.5 Å². The highest BCUT2D eigenvalue weighted by Crippen LogP contribution is 2.19. The van der Waals surface area contributed by atoms with Crippen molar-refractivity contribution in [1.29, 1.82) is 5.26 Å². The van der Waals surface area contributed by atoms with Crippen molar-refractivity contribution in [3.63, 3.8) is 0 Å². The summed E-state index contributed by atoms with van der Waals surface area (Å²) in [6.07, 6.45) is 0. The first kappa shape index (κ1) is 21.2. The molecule has 0 aliphatic carbocycles. The van der Waals surface area contributed by atoms with E-state index in [-0.39, 0.29) is 17.9 Å². The smallest absolute Gasteiger partial charge is 0.325 e. The first-order valence-corrected chi connectivity index (χ1v) is 9.13. The Morgan fingerprint density at radius 3 is 2.65 bits per heavy atom. The van der Waals surface area contributed by atoms with Crippen molar-refractivity contribution in [2.75, 3.05) is 6.54 Å². The van der Waals surface area contributed by atoms with Gasteiger partial charge in [-0.2, -0.15) is 10.4 Å². The van der Waals surface area contributed by atoms with Crippen LogP contribution in [0.2, 0.25) is 0 Å². The van der Waals surface area contributed by atoms with Gasteiger partial charge in [-0.1, -0.05) is 24.3 Å². The van der Waals surface area contributed by atoms with Gasteiger partial charge in [0.05, 0.1) is 22.0 Å². The molecule has 0 radical (unpaired) electrons. The van der Waals surface area contributed by atoms with E-state index in [2.05, 4.69) is 16.5 Å². The highest BCUT2D eigenvalue weighted by Gasteiger charge is 2.18. The fourth-order valence-electron chi connectivity index (χ4n) is 2.85. The molecule has 0 saturated heterocycles. The molecule has 1 heterocycles. The Bertz CT molecular complexity index is 1180. The number of aromatic nitrogens is 2. The minimum atomic E-state index is -0.735. The summed E-state index contributed by atoms with van der Waals surface area (Å²) in [5.74, 6) is -1.38. The summed E-state index contributed by atoms with van der Waals surface area (Å²) in [4.78, 5) is 34.5. The SMILES string of the molecule is Cc1nn(-c2ccccc2)c(COC(=O)CNC(=O)c2cccc([N+](=O)[O-])c2)c1C#N. The molecule has 0 saturated carbocycles. The van der Waals surface area contributed by atoms with Crippen LogP contribution in [0.25, 0.3) is 5.69 Å². The van der Waals surface area contributed by atoms with E-state index in [1.165, 1.54) is 22.9 Å². The van der Waals surface area contributed by atoms with Crippen LogP contribution in [0, 0.1) is 28.4 Å². The highest BCUT2D eigenvalue weighted by molar-refractivity contribution is 5.96. The van der Waals surface area contributed by atoms with Gasteiger partial charge in [-0.3, -0.25) is 19.7 Å². The van der Waals surface area contributed by atoms with Gasteiger partial charge >= 0.3 is 5.97 Å². The fourth-order valence-corrected chi connectivity index (χ4v) is 2.85. The Labute approximate surface area is 176 Å². The Kier molecular flexibility index (Phi) is 6.37. The van der Waals surface area contributed by atoms with Crippen molar-refractivity contribution in [3.05, 3.63) is 87.2 Å². The van der Waals surface area contributed by atoms with Gasteiger partial charge in [0.1, 0.15) is 24.8 Å². The molecule has 10 nitrogen and oxygen atoms in total. The zero-order valence-electron chi connectivity index (χ0n) is 16.4. The van der Waals surface area contributed by atoms with E-state index in [0.29, 0.717) is 22.6 Å². The standard InChI is InChI=1S/C21H17N5O5/c1-14-18(11-22)19(25(24-14)16-7-3-2-4-8-16)13-31-20(27)12-23-21(28)15-6-5-9-17(10-15)26(29)30/h2-10H,12-13H2,1H3,(H,23,28). The van der Waals surface area contributed by atoms with Crippen LogP contribution in [0.15, 0.2) is 54.6 Å². The lowest BCUT2D eigenvalue weighted by molar-refractivity contribution is -0.384. The molecule has 1 N–H and O–H groups in total. The number of ether oxygens (including phenoxy) is 1. The molecule has 0 aliphatic rings. The topological polar surface area (TPSA) is 140 Å². The number of rotatable bonds is 7. The number of carbonyl (C=O) groups is 2. The molecule has 2 aromatic carbocycles. The van der Waals surface area contributed by atoms with E-state index >= 15 is 0 Å². The van der Waals surface area contributed by atoms with E-state index in [4.69, 9.17) is 4.74 Å². The molecule has 31 heavy (non-hydrogen) atoms. The predicted octanol–water partition coefficient (Wildman–Crippen LogP) is 2.43. The quantitative estimate of drug-likeness (QED) is 0.352. The van der Waals surface area contributed by atoms with Crippen molar-refractivity contribution in [2.24, 2.45) is 0 Å². The lowest BCUT2D eigenvalue weighted by Gasteiger charge is -2.09. The summed E-state index contributed by atoms with van der Waals surface area (Å²) < 4.78 is 6.75. The number of non-ortho nitro benzene ring substituents is 1. The molecule has 3 rings (SSSR count). The second-order valence-corrected chi connectivity index (χ2v) is 6.42. The number of nitro benzene ring substituents is 1. The summed E-state index contributed by atoms with van der Waals surface area (Å²) in [6, 6.07) is 16.3. The number of nitriles is 1. The third kappa shape index (κ3) is 4.91. The monoisotopic (exact) mass is 419 g/mol. The van der Waals surface area contributed by atoms with E-state index in [1.54, 1.807) is 19.1 Å². The highest BCUT2D eigenvalue weighted by atomic mass is 16.6. The van der Waals surface area contributed by atoms with Crippen molar-refractivity contribution in [3.8, 4) is 11.8 Å². The Hall–Kier alpha value is -4.52. The number of hydrogen-bond donors (Lipinski definition) is 1. The lowest BCUT2D eigenvalue weighted by atomic mass is 10.2. The maximum atomic E-state index is 12.1. The number of nitrogens with one attached hydrogen (secondary N) is 1. The van der Waals surface area contributed by atoms with Gasteiger partial charge in [0, 0.05) is 17.7 Å². The van der Waals surface area contributed by atoms with Gasteiger partial charge < -0.3 is 10.1 Å². The summed E-state index contributed by atoms with van der Waals surface area (Å²) in [7, 11) is 0. The Balaban J connectivity index is 1.65. The number of amides is 1. The van der Waals surface area contributed by atoms with E-state index in [1.807, 2.05) is 18.2 Å². The molecule has 10 heteroatoms. The van der Waals surface area contributed by atoms with Crippen LogP contribution in [0.4, 0.5) is 5.69 Å². The van der Waals surface area contributed by atoms with Gasteiger partial charge in [0.25, 0.3) is 11.6 Å². The van der Waals surface area contributed by atoms with E-state index < -0.39 is 23.3 Å². The van der Waals surface area contributed by atoms with Gasteiger partial charge in [-0.15, -0.1) is 0 Å². The first-order chi connectivity index (χ1) is 14.9. The third-order valence-corrected chi connectivity index (χ3v) is 4.35. The molecule has 0 unspecified atom stereocenters. The van der Waals surface area contributed by atoms with Gasteiger partial charge in [0.2, 0.25) is 0 Å². The summed E-state index contributed by atoms with van der Waals surface area (Å²) in [5, 5.41) is 27.0. The van der Waals surface area contributed by atoms with Crippen molar-refractivity contribution < 1.29 is 19.2 Å². The number of hydrogen-bond acceptors (Lipinski definition) is 7. The molecule has 3 aromatic rings. The van der Waals surface area contributed by atoms with Crippen LogP contribution in [-0.2, 0) is 16.1 Å². The van der Waals surface area contributed by atoms with Crippen LogP contribution >= 0.6 is 0 Å². The molecule has 0 aliphatic heterocycles. The maximum Gasteiger partial charge on any atom is 0.325 e. The number of benzene rings is 2. The second-order valence-electron chi connectivity index (χ2n) is 6.42. The number of para-hydroxylation sites is 1. The summed E-state index contributed by atoms with van der Waals surface area (Å²) >= 11 is 0. The van der Waals surface area contributed by atoms with Crippen LogP contribution < -0.4 is 5.32 Å². The summed E-state index contributed by atoms with van der Waals surface area (Å²) in [6.45, 7) is 1.02. The lowest BCUT2D eigenvalue weighted by Crippen LogP contribution is -2.30. The zero-order chi connectivity index (χ0) is 22.4. The molecule has 1 amide bonds. The molecule has 0 spiro atoms. The second kappa shape index (κ2) is 9.32. The van der Waals surface area contributed by atoms with Crippen LogP contribution in [0.3, 0.4) is 0 Å². The maximum absolute atomic E-state index is 12.1. The van der Waals surface area contributed by atoms with Crippen molar-refractivity contribution in [1.82, 2.24) is 15.1 Å². The Morgan fingerprint density at radius 1 is 1.23 bits per heavy atom. The van der Waals surface area contributed by atoms with E-state index in [0.717, 1.165) is 6.07 Å². The molecular formula is C21H17N5O5. The van der Waals surface area contributed by atoms with Crippen LogP contribution in [0.5, 0.6) is 0 Å². The molecule has 1 aromatic heterocycles. The fraction of sp³-hybridized carbons (Fsp3) is 0.143. The minimum absolute atomic E-state index is 0.0477. The first-order valence-electron chi connectivity index (χ1n) is 9.13. The van der Waals surface area contributed by atoms with Crippen molar-refractivity contribution >= 4 is 17.6 Å². The van der Waals surface area contributed by atoms with Crippen LogP contribution in [0.1, 0.15) is 27.3 Å². The average molecular weight is 419 g/mol. The molecule has 0 atom stereocenters. The zero-order valence-corrected chi connectivity index (χ0v) is 16.4. The molecule has 0 bridgehead atoms. The molecular weight excluding hydrogens is 402 g/mol. The molecule has 0 fully saturated rings. The number of aryl methyl sites for hydroxylation is 1. The third-order valence-electron chi connectivity index (χ3n) is 4.35. The number of esters is 1. The van der Waals surface area contributed by atoms with Crippen LogP contribution in [-0.4, -0.2) is 33.1 Å². The van der Waals surface area contributed by atoms with Gasteiger partial charge in [-0.25, -0.2) is 4.68 Å². The van der Waals surface area contributed by atoms with E-state index in [9.17, 15) is 25.0 Å². The van der Waals surface area contributed by atoms with Gasteiger partial charge in [-0.05, 0) is 25.1 Å². The number of carbonyl (C=O) groups excluding carboxylic acids is 2. The normalized spacial score (nSPS) is 10.2. The Morgan fingerprint density at radius 2 is 1.97 bits per heavy atom. The predicted molar refractivity (Wildman–Crippen MR) is 108 cm³/mol. The summed E-state index contributed by atoms with van der Waals surface area (Å²) in [5.41, 5.74) is 1.73. The average Bonchev–Trinajstić information content (AvgIpc) is 3.11. The largest absolute Gasteiger partial charge is 0.458 e. The van der Waals surface area contributed by atoms with Gasteiger partial charge in [0.15, 0.2) is 0 Å².